The minimum absolute atomic E-state index is 0.0425. The van der Waals surface area contributed by atoms with E-state index in [0.717, 1.165) is 24.2 Å². The Morgan fingerprint density at radius 1 is 1.03 bits per heavy atom. The zero-order valence-electron chi connectivity index (χ0n) is 16.1. The lowest BCUT2D eigenvalue weighted by Gasteiger charge is -2.12. The molecule has 0 amide bonds. The first-order valence-corrected chi connectivity index (χ1v) is 9.61. The third-order valence-electron chi connectivity index (χ3n) is 4.88. The van der Waals surface area contributed by atoms with E-state index in [-0.39, 0.29) is 29.3 Å². The third-order valence-corrected chi connectivity index (χ3v) is 4.88. The maximum atomic E-state index is 13.7. The van der Waals surface area contributed by atoms with Gasteiger partial charge in [-0.1, -0.05) is 0 Å². The molecule has 31 heavy (non-hydrogen) atoms. The summed E-state index contributed by atoms with van der Waals surface area (Å²) in [5, 5.41) is 3.01. The molecule has 0 aliphatic heterocycles. The number of hydrogen-bond acceptors (Lipinski definition) is 6. The van der Waals surface area contributed by atoms with Gasteiger partial charge in [-0.05, 0) is 49.2 Å². The molecule has 2 heterocycles. The second-order valence-electron chi connectivity index (χ2n) is 7.22. The van der Waals surface area contributed by atoms with Gasteiger partial charge in [0.2, 0.25) is 5.95 Å². The van der Waals surface area contributed by atoms with E-state index in [4.69, 9.17) is 5.73 Å². The van der Waals surface area contributed by atoms with Crippen LogP contribution < -0.4 is 15.8 Å². The Labute approximate surface area is 174 Å². The molecule has 4 aromatic rings. The highest BCUT2D eigenvalue weighted by Crippen LogP contribution is 2.41. The van der Waals surface area contributed by atoms with Crippen molar-refractivity contribution in [2.24, 2.45) is 0 Å². The molecule has 1 aliphatic rings. The van der Waals surface area contributed by atoms with Gasteiger partial charge in [0.1, 0.15) is 29.0 Å². The first-order valence-electron chi connectivity index (χ1n) is 9.61. The third kappa shape index (κ3) is 3.96. The summed E-state index contributed by atoms with van der Waals surface area (Å²) in [6.45, 7) is -2.89. The number of rotatable bonds is 6. The fraction of sp³-hybridized carbons (Fsp3) is 0.190. The van der Waals surface area contributed by atoms with E-state index in [9.17, 15) is 13.2 Å². The van der Waals surface area contributed by atoms with Crippen LogP contribution in [0.3, 0.4) is 0 Å². The minimum Gasteiger partial charge on any atom is -0.435 e. The van der Waals surface area contributed by atoms with Crippen molar-refractivity contribution in [2.75, 3.05) is 11.1 Å². The van der Waals surface area contributed by atoms with E-state index in [2.05, 4.69) is 25.0 Å². The Morgan fingerprint density at radius 2 is 1.81 bits per heavy atom. The molecule has 0 saturated heterocycles. The van der Waals surface area contributed by atoms with E-state index < -0.39 is 6.61 Å². The molecule has 1 fully saturated rings. The Morgan fingerprint density at radius 3 is 2.52 bits per heavy atom. The molecular weight excluding hydrogens is 409 g/mol. The van der Waals surface area contributed by atoms with Crippen molar-refractivity contribution in [1.29, 1.82) is 0 Å². The normalized spacial score (nSPS) is 13.7. The van der Waals surface area contributed by atoms with Crippen LogP contribution >= 0.6 is 0 Å². The number of benzene rings is 2. The molecule has 0 radical (unpaired) electrons. The van der Waals surface area contributed by atoms with Crippen LogP contribution in [0.1, 0.15) is 24.6 Å². The molecule has 158 valence electrons. The summed E-state index contributed by atoms with van der Waals surface area (Å²) in [4.78, 5) is 13.4. The zero-order chi connectivity index (χ0) is 21.5. The predicted octanol–water partition coefficient (Wildman–Crippen LogP) is 4.76. The number of aromatic nitrogens is 4. The Bertz CT molecular complexity index is 1250. The Kier molecular flexibility index (Phi) is 4.61. The average Bonchev–Trinajstić information content (AvgIpc) is 3.49. The van der Waals surface area contributed by atoms with Crippen LogP contribution in [-0.2, 0) is 0 Å². The number of nitrogen functional groups attached to an aromatic ring is 1. The number of nitrogens with two attached hydrogens (primary N) is 1. The van der Waals surface area contributed by atoms with Gasteiger partial charge in [-0.3, -0.25) is 4.57 Å². The number of nitrogens with zero attached hydrogens (tertiary/aromatic N) is 4. The van der Waals surface area contributed by atoms with E-state index >= 15 is 0 Å². The van der Waals surface area contributed by atoms with Crippen molar-refractivity contribution in [3.63, 3.8) is 0 Å². The van der Waals surface area contributed by atoms with E-state index in [1.165, 1.54) is 24.3 Å². The molecule has 0 spiro atoms. The number of ether oxygens (including phenoxy) is 1. The molecule has 0 unspecified atom stereocenters. The first kappa shape index (κ1) is 19.2. The van der Waals surface area contributed by atoms with Crippen molar-refractivity contribution in [3.05, 3.63) is 60.2 Å². The summed E-state index contributed by atoms with van der Waals surface area (Å²) in [6, 6.07) is 12.0. The standard InChI is InChI=1S/C21H17F3N6O/c22-12-3-8-16-15(9-12)27-19(11-1-2-11)30(16)18-10-17(25)28-21(29-18)26-13-4-6-14(7-5-13)31-20(23)24/h3-11,20H,1-2H2,(H3,25,26,28,29). The van der Waals surface area contributed by atoms with Crippen LogP contribution in [0.4, 0.5) is 30.6 Å². The molecule has 1 aliphatic carbocycles. The zero-order valence-corrected chi connectivity index (χ0v) is 16.1. The summed E-state index contributed by atoms with van der Waals surface area (Å²) in [6.07, 6.45) is 2.01. The second kappa shape index (κ2) is 7.46. The SMILES string of the molecule is Nc1cc(-n2c(C3CC3)nc3cc(F)ccc32)nc(Nc2ccc(OC(F)F)cc2)n1. The summed E-state index contributed by atoms with van der Waals surface area (Å²) in [5.41, 5.74) is 7.86. The van der Waals surface area contributed by atoms with Gasteiger partial charge in [0.25, 0.3) is 0 Å². The number of anilines is 3. The minimum atomic E-state index is -2.89. The number of hydrogen-bond donors (Lipinski definition) is 2. The number of halogens is 3. The van der Waals surface area contributed by atoms with E-state index in [1.54, 1.807) is 24.3 Å². The van der Waals surface area contributed by atoms with Crippen molar-refractivity contribution in [2.45, 2.75) is 25.4 Å². The summed E-state index contributed by atoms with van der Waals surface area (Å²) in [7, 11) is 0. The Hall–Kier alpha value is -3.82. The molecule has 1 saturated carbocycles. The van der Waals surface area contributed by atoms with Gasteiger partial charge in [0, 0.05) is 23.7 Å². The quantitative estimate of drug-likeness (QED) is 0.462. The highest BCUT2D eigenvalue weighted by Gasteiger charge is 2.30. The van der Waals surface area contributed by atoms with Crippen LogP contribution in [-0.4, -0.2) is 26.1 Å². The molecule has 0 bridgehead atoms. The number of alkyl halides is 2. The van der Waals surface area contributed by atoms with Gasteiger partial charge in [0.05, 0.1) is 11.0 Å². The lowest BCUT2D eigenvalue weighted by Crippen LogP contribution is -2.08. The molecule has 5 rings (SSSR count). The second-order valence-corrected chi connectivity index (χ2v) is 7.22. The molecule has 3 N–H and O–H groups in total. The van der Waals surface area contributed by atoms with Gasteiger partial charge in [-0.25, -0.2) is 9.37 Å². The molecule has 10 heteroatoms. The Balaban J connectivity index is 1.51. The topological polar surface area (TPSA) is 90.9 Å². The summed E-state index contributed by atoms with van der Waals surface area (Å²) < 4.78 is 44.6. The van der Waals surface area contributed by atoms with Crippen molar-refractivity contribution < 1.29 is 17.9 Å². The predicted molar refractivity (Wildman–Crippen MR) is 109 cm³/mol. The number of imidazole rings is 1. The van der Waals surface area contributed by atoms with Crippen LogP contribution in [0.5, 0.6) is 5.75 Å². The lowest BCUT2D eigenvalue weighted by molar-refractivity contribution is -0.0498. The van der Waals surface area contributed by atoms with Crippen LogP contribution in [0.25, 0.3) is 16.9 Å². The maximum Gasteiger partial charge on any atom is 0.387 e. The molecule has 2 aromatic carbocycles. The smallest absolute Gasteiger partial charge is 0.387 e. The number of nitrogens with one attached hydrogen (secondary N) is 1. The first-order chi connectivity index (χ1) is 15.0. The summed E-state index contributed by atoms with van der Waals surface area (Å²) >= 11 is 0. The highest BCUT2D eigenvalue weighted by molar-refractivity contribution is 5.78. The lowest BCUT2D eigenvalue weighted by atomic mass is 10.3. The van der Waals surface area contributed by atoms with Gasteiger partial charge < -0.3 is 15.8 Å². The van der Waals surface area contributed by atoms with Crippen LogP contribution in [0.15, 0.2) is 48.5 Å². The largest absolute Gasteiger partial charge is 0.435 e. The van der Waals surface area contributed by atoms with Gasteiger partial charge in [0.15, 0.2) is 0 Å². The van der Waals surface area contributed by atoms with Crippen LogP contribution in [0, 0.1) is 5.82 Å². The van der Waals surface area contributed by atoms with Crippen molar-refractivity contribution in [1.82, 2.24) is 19.5 Å². The fourth-order valence-electron chi connectivity index (χ4n) is 3.40. The van der Waals surface area contributed by atoms with Crippen molar-refractivity contribution in [3.8, 4) is 11.6 Å². The molecule has 7 nitrogen and oxygen atoms in total. The monoisotopic (exact) mass is 426 g/mol. The van der Waals surface area contributed by atoms with Gasteiger partial charge in [-0.2, -0.15) is 18.7 Å². The molecular formula is C21H17F3N6O. The maximum absolute atomic E-state index is 13.7. The number of fused-ring (bicyclic) bond motifs is 1. The average molecular weight is 426 g/mol. The van der Waals surface area contributed by atoms with Crippen LogP contribution in [0.2, 0.25) is 0 Å². The van der Waals surface area contributed by atoms with Crippen molar-refractivity contribution >= 4 is 28.5 Å². The highest BCUT2D eigenvalue weighted by atomic mass is 19.3. The van der Waals surface area contributed by atoms with E-state index in [0.29, 0.717) is 17.0 Å². The van der Waals surface area contributed by atoms with Gasteiger partial charge in [-0.15, -0.1) is 0 Å². The van der Waals surface area contributed by atoms with Gasteiger partial charge >= 0.3 is 6.61 Å². The fourth-order valence-corrected chi connectivity index (χ4v) is 3.40. The molecule has 2 aromatic heterocycles. The summed E-state index contributed by atoms with van der Waals surface area (Å²) in [5.74, 6) is 1.73. The molecule has 0 atom stereocenters. The van der Waals surface area contributed by atoms with E-state index in [1.807, 2.05) is 4.57 Å².